The Labute approximate surface area is 172 Å². The number of nitrogens with one attached hydrogen (secondary N) is 2. The van der Waals surface area contributed by atoms with Crippen LogP contribution in [0.15, 0.2) is 42.5 Å². The van der Waals surface area contributed by atoms with Crippen LogP contribution in [0.3, 0.4) is 0 Å². The van der Waals surface area contributed by atoms with E-state index in [4.69, 9.17) is 5.26 Å². The van der Waals surface area contributed by atoms with Crippen LogP contribution < -0.4 is 10.0 Å². The average Bonchev–Trinajstić information content (AvgIpc) is 3.05. The Hall–Kier alpha value is -3.84. The number of carbonyl (C=O) groups excluding carboxylic acids is 1. The Morgan fingerprint density at radius 3 is 2.53 bits per heavy atom. The molecule has 0 fully saturated rings. The van der Waals surface area contributed by atoms with E-state index in [2.05, 4.69) is 10.0 Å². The summed E-state index contributed by atoms with van der Waals surface area (Å²) in [5.74, 6) is -1.96. The molecule has 0 aliphatic rings. The zero-order chi connectivity index (χ0) is 22.1. The standard InChI is InChI=1S/C20H18N4O5S/c1-3-30(28,29)23-16-6-4-5-13-10-17(24(2)18(13)16)19(25)22-15-8-7-12(11-21)9-14(15)20(26)27/h4-10,23H,3H2,1-2H3,(H,22,25)(H,26,27). The number of amides is 1. The van der Waals surface area contributed by atoms with E-state index in [9.17, 15) is 23.1 Å². The fraction of sp³-hybridized carbons (Fsp3) is 0.150. The van der Waals surface area contributed by atoms with Gasteiger partial charge in [-0.25, -0.2) is 13.2 Å². The van der Waals surface area contributed by atoms with Gasteiger partial charge >= 0.3 is 5.97 Å². The topological polar surface area (TPSA) is 141 Å². The van der Waals surface area contributed by atoms with Crippen LogP contribution in [0.2, 0.25) is 0 Å². The summed E-state index contributed by atoms with van der Waals surface area (Å²) in [6.45, 7) is 1.52. The van der Waals surface area contributed by atoms with Crippen molar-refractivity contribution in [1.82, 2.24) is 4.57 Å². The second-order valence-corrected chi connectivity index (χ2v) is 8.48. The van der Waals surface area contributed by atoms with Gasteiger partial charge in [-0.2, -0.15) is 5.26 Å². The fourth-order valence-corrected chi connectivity index (χ4v) is 3.69. The maximum Gasteiger partial charge on any atom is 0.337 e. The molecule has 0 unspecified atom stereocenters. The Balaban J connectivity index is 2.02. The van der Waals surface area contributed by atoms with E-state index in [0.717, 1.165) is 0 Å². The molecule has 0 bridgehead atoms. The highest BCUT2D eigenvalue weighted by Crippen LogP contribution is 2.28. The molecule has 3 rings (SSSR count). The number of hydrogen-bond donors (Lipinski definition) is 3. The van der Waals surface area contributed by atoms with E-state index < -0.39 is 21.9 Å². The van der Waals surface area contributed by atoms with Gasteiger partial charge in [0.15, 0.2) is 0 Å². The summed E-state index contributed by atoms with van der Waals surface area (Å²) in [5, 5.41) is 21.5. The first kappa shape index (κ1) is 20.9. The van der Waals surface area contributed by atoms with Gasteiger partial charge in [0.2, 0.25) is 10.0 Å². The van der Waals surface area contributed by atoms with E-state index in [1.54, 1.807) is 31.3 Å². The highest BCUT2D eigenvalue weighted by Gasteiger charge is 2.20. The van der Waals surface area contributed by atoms with E-state index in [0.29, 0.717) is 16.6 Å². The Morgan fingerprint density at radius 2 is 1.90 bits per heavy atom. The van der Waals surface area contributed by atoms with Gasteiger partial charge in [0, 0.05) is 12.4 Å². The number of carboxylic acids is 1. The number of aromatic carboxylic acids is 1. The molecule has 9 nitrogen and oxygen atoms in total. The molecule has 1 heterocycles. The van der Waals surface area contributed by atoms with Crippen molar-refractivity contribution in [3.05, 3.63) is 59.3 Å². The number of hydrogen-bond acceptors (Lipinski definition) is 5. The van der Waals surface area contributed by atoms with Gasteiger partial charge in [-0.3, -0.25) is 9.52 Å². The second-order valence-electron chi connectivity index (χ2n) is 6.47. The van der Waals surface area contributed by atoms with Crippen molar-refractivity contribution >= 4 is 44.2 Å². The van der Waals surface area contributed by atoms with Gasteiger partial charge < -0.3 is 15.0 Å². The van der Waals surface area contributed by atoms with Crippen molar-refractivity contribution in [3.8, 4) is 6.07 Å². The summed E-state index contributed by atoms with van der Waals surface area (Å²) in [6.07, 6.45) is 0. The van der Waals surface area contributed by atoms with Gasteiger partial charge in [0.05, 0.1) is 39.8 Å². The second kappa shape index (κ2) is 7.88. The lowest BCUT2D eigenvalue weighted by molar-refractivity contribution is 0.0698. The average molecular weight is 426 g/mol. The number of carbonyl (C=O) groups is 2. The van der Waals surface area contributed by atoms with E-state index >= 15 is 0 Å². The number of aromatic nitrogens is 1. The summed E-state index contributed by atoms with van der Waals surface area (Å²) in [7, 11) is -1.91. The van der Waals surface area contributed by atoms with E-state index in [-0.39, 0.29) is 28.3 Å². The van der Waals surface area contributed by atoms with Crippen LogP contribution in [0, 0.1) is 11.3 Å². The van der Waals surface area contributed by atoms with Gasteiger partial charge in [0.25, 0.3) is 5.91 Å². The molecule has 0 radical (unpaired) electrons. The van der Waals surface area contributed by atoms with Gasteiger partial charge in [0.1, 0.15) is 5.69 Å². The van der Waals surface area contributed by atoms with Crippen molar-refractivity contribution in [2.75, 3.05) is 15.8 Å². The lowest BCUT2D eigenvalue weighted by atomic mass is 10.1. The number of carboxylic acid groups (broad SMARTS) is 1. The third-order valence-corrected chi connectivity index (χ3v) is 5.85. The van der Waals surface area contributed by atoms with Crippen LogP contribution in [0.5, 0.6) is 0 Å². The Morgan fingerprint density at radius 1 is 1.17 bits per heavy atom. The van der Waals surface area contributed by atoms with Crippen molar-refractivity contribution in [2.24, 2.45) is 7.05 Å². The first-order chi connectivity index (χ1) is 14.2. The van der Waals surface area contributed by atoms with Crippen LogP contribution in [0.1, 0.15) is 33.3 Å². The smallest absolute Gasteiger partial charge is 0.337 e. The van der Waals surface area contributed by atoms with Crippen LogP contribution in [0.4, 0.5) is 11.4 Å². The Kier molecular flexibility index (Phi) is 5.49. The molecule has 0 spiro atoms. The minimum absolute atomic E-state index is 0.0451. The van der Waals surface area contributed by atoms with Crippen LogP contribution in [-0.4, -0.2) is 35.7 Å². The van der Waals surface area contributed by atoms with Crippen LogP contribution in [-0.2, 0) is 17.1 Å². The van der Waals surface area contributed by atoms with E-state index in [1.807, 2.05) is 6.07 Å². The van der Waals surface area contributed by atoms with Crippen LogP contribution >= 0.6 is 0 Å². The lowest BCUT2D eigenvalue weighted by Gasteiger charge is -2.11. The third-order valence-electron chi connectivity index (χ3n) is 4.56. The van der Waals surface area contributed by atoms with Gasteiger partial charge in [-0.15, -0.1) is 0 Å². The molecule has 0 saturated carbocycles. The normalized spacial score (nSPS) is 11.1. The first-order valence-corrected chi connectivity index (χ1v) is 10.5. The zero-order valence-corrected chi connectivity index (χ0v) is 16.9. The summed E-state index contributed by atoms with van der Waals surface area (Å²) < 4.78 is 28.0. The molecule has 154 valence electrons. The molecule has 3 aromatic rings. The molecule has 0 aliphatic carbocycles. The maximum atomic E-state index is 12.9. The number of nitrogens with zero attached hydrogens (tertiary/aromatic N) is 2. The first-order valence-electron chi connectivity index (χ1n) is 8.84. The summed E-state index contributed by atoms with van der Waals surface area (Å²) in [5.41, 5.74) is 1.04. The third kappa shape index (κ3) is 3.97. The number of rotatable bonds is 6. The molecule has 0 atom stereocenters. The number of benzene rings is 2. The van der Waals surface area contributed by atoms with Crippen molar-refractivity contribution in [2.45, 2.75) is 6.92 Å². The summed E-state index contributed by atoms with van der Waals surface area (Å²) in [6, 6.07) is 12.4. The minimum atomic E-state index is -3.52. The molecule has 3 N–H and O–H groups in total. The highest BCUT2D eigenvalue weighted by atomic mass is 32.2. The molecule has 0 saturated heterocycles. The molecule has 10 heteroatoms. The number of fused-ring (bicyclic) bond motifs is 1. The largest absolute Gasteiger partial charge is 0.478 e. The Bertz CT molecular complexity index is 1320. The number of nitriles is 1. The molecule has 0 aliphatic heterocycles. The van der Waals surface area contributed by atoms with Gasteiger partial charge in [-0.05, 0) is 37.3 Å². The monoisotopic (exact) mass is 426 g/mol. The number of anilines is 2. The predicted octanol–water partition coefficient (Wildman–Crippen LogP) is 2.76. The van der Waals surface area contributed by atoms with Gasteiger partial charge in [-0.1, -0.05) is 12.1 Å². The summed E-state index contributed by atoms with van der Waals surface area (Å²) in [4.78, 5) is 24.3. The van der Waals surface area contributed by atoms with Crippen molar-refractivity contribution in [3.63, 3.8) is 0 Å². The molecule has 30 heavy (non-hydrogen) atoms. The molecule has 1 amide bonds. The lowest BCUT2D eigenvalue weighted by Crippen LogP contribution is -2.18. The molecule has 1 aromatic heterocycles. The fourth-order valence-electron chi connectivity index (χ4n) is 3.04. The maximum absolute atomic E-state index is 12.9. The number of aryl methyl sites for hydroxylation is 1. The number of sulfonamides is 1. The quantitative estimate of drug-likeness (QED) is 0.553. The predicted molar refractivity (Wildman–Crippen MR) is 112 cm³/mol. The highest BCUT2D eigenvalue weighted by molar-refractivity contribution is 7.92. The molecular formula is C20H18N4O5S. The summed E-state index contributed by atoms with van der Waals surface area (Å²) >= 11 is 0. The molecular weight excluding hydrogens is 408 g/mol. The van der Waals surface area contributed by atoms with Crippen LogP contribution in [0.25, 0.3) is 10.9 Å². The minimum Gasteiger partial charge on any atom is -0.478 e. The SMILES string of the molecule is CCS(=O)(=O)Nc1cccc2cc(C(=O)Nc3ccc(C#N)cc3C(=O)O)n(C)c12. The zero-order valence-electron chi connectivity index (χ0n) is 16.1. The number of para-hydroxylation sites is 1. The van der Waals surface area contributed by atoms with Crippen molar-refractivity contribution in [1.29, 1.82) is 5.26 Å². The van der Waals surface area contributed by atoms with E-state index in [1.165, 1.54) is 29.7 Å². The molecule has 2 aromatic carbocycles. The van der Waals surface area contributed by atoms with Crippen molar-refractivity contribution < 1.29 is 23.1 Å².